The second kappa shape index (κ2) is 10.0. The number of imide groups is 1. The van der Waals surface area contributed by atoms with Gasteiger partial charge in [-0.3, -0.25) is 14.9 Å². The molecule has 5 heterocycles. The molecule has 6 rings (SSSR count). The number of hydrogen-bond donors (Lipinski definition) is 1. The summed E-state index contributed by atoms with van der Waals surface area (Å²) in [5, 5.41) is 1.95. The molecule has 0 bridgehead atoms. The molecule has 3 saturated heterocycles. The van der Waals surface area contributed by atoms with Gasteiger partial charge in [0, 0.05) is 58.4 Å². The summed E-state index contributed by atoms with van der Waals surface area (Å²) in [6, 6.07) is 10.3. The number of carbonyl (C=O) groups is 2. The molecule has 3 aromatic rings. The van der Waals surface area contributed by atoms with Gasteiger partial charge in [-0.05, 0) is 43.4 Å². The number of anilines is 3. The average Bonchev–Trinajstić information content (AvgIpc) is 3.36. The summed E-state index contributed by atoms with van der Waals surface area (Å²) in [6.07, 6.45) is 2.57. The van der Waals surface area contributed by atoms with Gasteiger partial charge in [0.05, 0.1) is 10.6 Å². The lowest BCUT2D eigenvalue weighted by molar-refractivity contribution is -0.115. The van der Waals surface area contributed by atoms with Gasteiger partial charge in [-0.25, -0.2) is 4.98 Å². The van der Waals surface area contributed by atoms with E-state index in [4.69, 9.17) is 14.4 Å². The molecule has 12 heteroatoms. The molecule has 0 aliphatic carbocycles. The first-order valence-electron chi connectivity index (χ1n) is 12.4. The highest BCUT2D eigenvalue weighted by Crippen LogP contribution is 2.28. The summed E-state index contributed by atoms with van der Waals surface area (Å²) in [5.74, 6) is 1.07. The van der Waals surface area contributed by atoms with Gasteiger partial charge in [0.2, 0.25) is 5.95 Å². The molecule has 192 valence electrons. The lowest BCUT2D eigenvalue weighted by atomic mass is 10.3. The van der Waals surface area contributed by atoms with Crippen molar-refractivity contribution in [2.75, 3.05) is 74.1 Å². The molecule has 3 aliphatic heterocycles. The van der Waals surface area contributed by atoms with Gasteiger partial charge < -0.3 is 24.0 Å². The molecule has 37 heavy (non-hydrogen) atoms. The summed E-state index contributed by atoms with van der Waals surface area (Å²) >= 11 is 0.898. The lowest BCUT2D eigenvalue weighted by Gasteiger charge is -2.33. The smallest absolute Gasteiger partial charge is 0.298 e. The monoisotopic (exact) mass is 520 g/mol. The van der Waals surface area contributed by atoms with Crippen LogP contribution in [0.4, 0.5) is 22.6 Å². The number of nitrogens with one attached hydrogen (secondary N) is 1. The van der Waals surface area contributed by atoms with E-state index in [9.17, 15) is 9.59 Å². The van der Waals surface area contributed by atoms with Crippen LogP contribution in [0.2, 0.25) is 0 Å². The molecule has 0 unspecified atom stereocenters. The van der Waals surface area contributed by atoms with Crippen molar-refractivity contribution in [1.82, 2.24) is 25.2 Å². The van der Waals surface area contributed by atoms with E-state index in [1.807, 2.05) is 30.3 Å². The second-order valence-electron chi connectivity index (χ2n) is 9.39. The van der Waals surface area contributed by atoms with Crippen LogP contribution in [-0.4, -0.2) is 90.4 Å². The van der Waals surface area contributed by atoms with Crippen molar-refractivity contribution >= 4 is 57.9 Å². The Labute approximate surface area is 218 Å². The van der Waals surface area contributed by atoms with Crippen molar-refractivity contribution in [1.29, 1.82) is 0 Å². The SMILES string of the molecule is CN1CCN(c2cc(/C=C3\SC(=O)NC3=O)nc(N3CCCN(c4nc5ccccc5o4)CC3)n2)CC1. The Morgan fingerprint density at radius 1 is 0.919 bits per heavy atom. The van der Waals surface area contributed by atoms with E-state index in [0.717, 1.165) is 80.9 Å². The van der Waals surface area contributed by atoms with Gasteiger partial charge in [0.25, 0.3) is 17.2 Å². The van der Waals surface area contributed by atoms with Crippen LogP contribution < -0.4 is 20.0 Å². The number of amides is 2. The van der Waals surface area contributed by atoms with Gasteiger partial charge in [0.1, 0.15) is 11.3 Å². The van der Waals surface area contributed by atoms with Gasteiger partial charge in [0.15, 0.2) is 5.58 Å². The number of nitrogens with zero attached hydrogens (tertiary/aromatic N) is 7. The number of aromatic nitrogens is 3. The predicted molar refractivity (Wildman–Crippen MR) is 144 cm³/mol. The predicted octanol–water partition coefficient (Wildman–Crippen LogP) is 2.41. The number of fused-ring (bicyclic) bond motifs is 1. The minimum atomic E-state index is -0.389. The molecular weight excluding hydrogens is 492 g/mol. The number of carbonyl (C=O) groups excluding carboxylic acids is 2. The highest BCUT2D eigenvalue weighted by molar-refractivity contribution is 8.18. The first-order chi connectivity index (χ1) is 18.0. The Bertz CT molecular complexity index is 1330. The van der Waals surface area contributed by atoms with E-state index in [1.165, 1.54) is 0 Å². The van der Waals surface area contributed by atoms with Crippen LogP contribution in [0.25, 0.3) is 17.2 Å². The average molecular weight is 521 g/mol. The molecular formula is C25H28N8O3S. The van der Waals surface area contributed by atoms with Crippen LogP contribution in [0.15, 0.2) is 39.7 Å². The molecule has 11 nitrogen and oxygen atoms in total. The summed E-state index contributed by atoms with van der Waals surface area (Å²) in [5.41, 5.74) is 2.25. The Morgan fingerprint density at radius 2 is 1.68 bits per heavy atom. The van der Waals surface area contributed by atoms with E-state index in [1.54, 1.807) is 6.08 Å². The third-order valence-corrected chi connectivity index (χ3v) is 7.61. The molecule has 2 amide bonds. The summed E-state index contributed by atoms with van der Waals surface area (Å²) in [7, 11) is 2.12. The van der Waals surface area contributed by atoms with Gasteiger partial charge in [-0.15, -0.1) is 0 Å². The Morgan fingerprint density at radius 3 is 2.46 bits per heavy atom. The minimum absolute atomic E-state index is 0.344. The van der Waals surface area contributed by atoms with Crippen LogP contribution in [-0.2, 0) is 4.79 Å². The molecule has 0 saturated carbocycles. The number of oxazole rings is 1. The molecule has 0 atom stereocenters. The first kappa shape index (κ1) is 23.7. The molecule has 0 radical (unpaired) electrons. The van der Waals surface area contributed by atoms with Crippen LogP contribution in [0.3, 0.4) is 0 Å². The van der Waals surface area contributed by atoms with Crippen LogP contribution in [0, 0.1) is 0 Å². The third-order valence-electron chi connectivity index (χ3n) is 6.80. The zero-order valence-electron chi connectivity index (χ0n) is 20.6. The van der Waals surface area contributed by atoms with Gasteiger partial charge in [-0.2, -0.15) is 9.97 Å². The highest BCUT2D eigenvalue weighted by Gasteiger charge is 2.27. The zero-order valence-corrected chi connectivity index (χ0v) is 21.4. The number of piperazine rings is 1. The molecule has 3 fully saturated rings. The largest absolute Gasteiger partial charge is 0.423 e. The van der Waals surface area contributed by atoms with Crippen molar-refractivity contribution in [2.24, 2.45) is 0 Å². The number of benzene rings is 1. The topological polar surface area (TPSA) is 111 Å². The fraction of sp³-hybridized carbons (Fsp3) is 0.400. The maximum atomic E-state index is 12.2. The minimum Gasteiger partial charge on any atom is -0.423 e. The van der Waals surface area contributed by atoms with Crippen LogP contribution in [0.1, 0.15) is 12.1 Å². The van der Waals surface area contributed by atoms with Crippen LogP contribution in [0.5, 0.6) is 0 Å². The normalized spacial score (nSPS) is 20.7. The van der Waals surface area contributed by atoms with Crippen molar-refractivity contribution in [3.8, 4) is 0 Å². The van der Waals surface area contributed by atoms with Crippen molar-refractivity contribution in [2.45, 2.75) is 6.42 Å². The Kier molecular flexibility index (Phi) is 6.43. The maximum absolute atomic E-state index is 12.2. The van der Waals surface area contributed by atoms with Crippen molar-refractivity contribution < 1.29 is 14.0 Å². The van der Waals surface area contributed by atoms with Gasteiger partial charge >= 0.3 is 0 Å². The third kappa shape index (κ3) is 5.12. The van der Waals surface area contributed by atoms with Crippen molar-refractivity contribution in [3.63, 3.8) is 0 Å². The van der Waals surface area contributed by atoms with Crippen LogP contribution >= 0.6 is 11.8 Å². The Hall–Kier alpha value is -3.64. The number of thioether (sulfide) groups is 1. The summed E-state index contributed by atoms with van der Waals surface area (Å²) in [6.45, 7) is 6.65. The molecule has 2 aromatic heterocycles. The van der Waals surface area contributed by atoms with E-state index in [-0.39, 0.29) is 11.1 Å². The molecule has 3 aliphatic rings. The second-order valence-corrected chi connectivity index (χ2v) is 10.4. The summed E-state index contributed by atoms with van der Waals surface area (Å²) in [4.78, 5) is 47.5. The molecule has 1 aromatic carbocycles. The quantitative estimate of drug-likeness (QED) is 0.512. The fourth-order valence-corrected chi connectivity index (χ4v) is 5.38. The van der Waals surface area contributed by atoms with E-state index < -0.39 is 0 Å². The number of hydrogen-bond acceptors (Lipinski definition) is 11. The zero-order chi connectivity index (χ0) is 25.4. The number of para-hydroxylation sites is 2. The van der Waals surface area contributed by atoms with E-state index >= 15 is 0 Å². The standard InChI is InChI=1S/C25H28N8O3S/c1-30-9-11-31(12-10-30)21-16-17(15-20-22(34)29-25(35)37-20)26-23(28-21)32-7-4-8-33(14-13-32)24-27-18-5-2-3-6-19(18)36-24/h2-3,5-6,15-16H,4,7-14H2,1H3,(H,29,34,35)/b20-15-. The Balaban J connectivity index is 1.27. The molecule has 1 N–H and O–H groups in total. The maximum Gasteiger partial charge on any atom is 0.298 e. The highest BCUT2D eigenvalue weighted by atomic mass is 32.2. The van der Waals surface area contributed by atoms with E-state index in [0.29, 0.717) is 29.1 Å². The lowest BCUT2D eigenvalue weighted by Crippen LogP contribution is -2.45. The number of likely N-dealkylation sites (N-methyl/N-ethyl adjacent to an activating group) is 1. The summed E-state index contributed by atoms with van der Waals surface area (Å²) < 4.78 is 6.00. The van der Waals surface area contributed by atoms with E-state index in [2.05, 4.69) is 36.9 Å². The van der Waals surface area contributed by atoms with Gasteiger partial charge in [-0.1, -0.05) is 12.1 Å². The molecule has 0 spiro atoms. The fourth-order valence-electron chi connectivity index (χ4n) is 4.71. The number of rotatable bonds is 4. The van der Waals surface area contributed by atoms with Crippen molar-refractivity contribution in [3.05, 3.63) is 40.9 Å². The first-order valence-corrected chi connectivity index (χ1v) is 13.3.